The van der Waals surface area contributed by atoms with Crippen LogP contribution in [0.2, 0.25) is 0 Å². The lowest BCUT2D eigenvalue weighted by Crippen LogP contribution is -2.35. The monoisotopic (exact) mass is 249 g/mol. The average Bonchev–Trinajstić information content (AvgIpc) is 2.81. The molecule has 0 aromatic heterocycles. The normalized spacial score (nSPS) is 14.4. The van der Waals surface area contributed by atoms with Gasteiger partial charge in [-0.15, -0.1) is 0 Å². The lowest BCUT2D eigenvalue weighted by Gasteiger charge is -2.16. The fourth-order valence-electron chi connectivity index (χ4n) is 1.90. The molecule has 1 aliphatic rings. The first kappa shape index (κ1) is 12.5. The smallest absolute Gasteiger partial charge is 0.194 e. The third-order valence-electron chi connectivity index (χ3n) is 2.96. The van der Waals surface area contributed by atoms with Crippen molar-refractivity contribution in [2.24, 2.45) is 4.99 Å². The van der Waals surface area contributed by atoms with Gasteiger partial charge in [0.25, 0.3) is 0 Å². The van der Waals surface area contributed by atoms with Gasteiger partial charge in [0.1, 0.15) is 0 Å². The van der Waals surface area contributed by atoms with Crippen molar-refractivity contribution in [1.82, 2.24) is 10.2 Å². The highest BCUT2D eigenvalue weighted by Gasteiger charge is 2.11. The first-order valence-electron chi connectivity index (χ1n) is 5.95. The molecule has 1 heterocycles. The summed E-state index contributed by atoms with van der Waals surface area (Å²) in [6.45, 7) is 2.57. The Morgan fingerprint density at radius 1 is 1.28 bits per heavy atom. The molecule has 5 heteroatoms. The van der Waals surface area contributed by atoms with Crippen LogP contribution in [0.3, 0.4) is 0 Å². The first-order chi connectivity index (χ1) is 8.74. The van der Waals surface area contributed by atoms with Gasteiger partial charge in [-0.3, -0.25) is 4.99 Å². The largest absolute Gasteiger partial charge is 0.493 e. The van der Waals surface area contributed by atoms with Crippen molar-refractivity contribution in [2.75, 3.05) is 34.4 Å². The van der Waals surface area contributed by atoms with Gasteiger partial charge < -0.3 is 19.7 Å². The number of aliphatic imine (C=N–C) groups is 1. The number of hydrogen-bond acceptors (Lipinski definition) is 5. The number of rotatable bonds is 4. The van der Waals surface area contributed by atoms with Crippen LogP contribution >= 0.6 is 0 Å². The Hall–Kier alpha value is -1.91. The molecule has 0 amide bonds. The maximum absolute atomic E-state index is 5.28. The molecule has 0 radical (unpaired) electrons. The van der Waals surface area contributed by atoms with E-state index in [0.717, 1.165) is 42.7 Å². The molecule has 1 N–H and O–H groups in total. The summed E-state index contributed by atoms with van der Waals surface area (Å²) in [4.78, 5) is 6.50. The van der Waals surface area contributed by atoms with Crippen molar-refractivity contribution < 1.29 is 9.47 Å². The molecule has 0 unspecified atom stereocenters. The Balaban J connectivity index is 2.01. The molecule has 2 rings (SSSR count). The molecule has 0 saturated heterocycles. The molecular weight excluding hydrogens is 230 g/mol. The summed E-state index contributed by atoms with van der Waals surface area (Å²) in [6.07, 6.45) is 0. The van der Waals surface area contributed by atoms with Crippen molar-refractivity contribution in [2.45, 2.75) is 6.54 Å². The summed E-state index contributed by atoms with van der Waals surface area (Å²) in [5, 5.41) is 3.32. The molecule has 0 atom stereocenters. The van der Waals surface area contributed by atoms with E-state index in [4.69, 9.17) is 9.47 Å². The van der Waals surface area contributed by atoms with E-state index in [-0.39, 0.29) is 0 Å². The zero-order chi connectivity index (χ0) is 13.0. The van der Waals surface area contributed by atoms with E-state index >= 15 is 0 Å². The topological polar surface area (TPSA) is 46.1 Å². The van der Waals surface area contributed by atoms with E-state index in [2.05, 4.69) is 15.2 Å². The van der Waals surface area contributed by atoms with Gasteiger partial charge in [0, 0.05) is 20.1 Å². The quantitative estimate of drug-likeness (QED) is 0.868. The highest BCUT2D eigenvalue weighted by atomic mass is 16.5. The second kappa shape index (κ2) is 5.62. The summed E-state index contributed by atoms with van der Waals surface area (Å²) in [7, 11) is 5.31. The Morgan fingerprint density at radius 2 is 2.06 bits per heavy atom. The molecule has 0 bridgehead atoms. The van der Waals surface area contributed by atoms with Gasteiger partial charge in [-0.1, -0.05) is 6.07 Å². The van der Waals surface area contributed by atoms with Crippen LogP contribution in [-0.2, 0) is 6.54 Å². The van der Waals surface area contributed by atoms with Crippen LogP contribution in [0.15, 0.2) is 23.2 Å². The Kier molecular flexibility index (Phi) is 3.92. The van der Waals surface area contributed by atoms with Crippen LogP contribution in [0.25, 0.3) is 0 Å². The predicted molar refractivity (Wildman–Crippen MR) is 71.3 cm³/mol. The number of nitrogens with one attached hydrogen (secondary N) is 1. The molecule has 1 aromatic carbocycles. The van der Waals surface area contributed by atoms with E-state index in [1.54, 1.807) is 14.2 Å². The number of guanidine groups is 1. The standard InChI is InChI=1S/C13H19N3O2/c1-16-7-6-14-13(16)15-9-10-4-5-11(17-2)12(8-10)18-3/h4-5,8H,6-7,9H2,1-3H3,(H,14,15). The fourth-order valence-corrected chi connectivity index (χ4v) is 1.90. The van der Waals surface area contributed by atoms with Crippen LogP contribution in [-0.4, -0.2) is 45.2 Å². The fraction of sp³-hybridized carbons (Fsp3) is 0.462. The van der Waals surface area contributed by atoms with Crippen LogP contribution in [0, 0.1) is 0 Å². The minimum Gasteiger partial charge on any atom is -0.493 e. The number of benzene rings is 1. The average molecular weight is 249 g/mol. The van der Waals surface area contributed by atoms with Crippen molar-refractivity contribution >= 4 is 5.96 Å². The van der Waals surface area contributed by atoms with E-state index in [1.807, 2.05) is 25.2 Å². The molecule has 0 spiro atoms. The maximum atomic E-state index is 5.28. The third kappa shape index (κ3) is 2.67. The van der Waals surface area contributed by atoms with Gasteiger partial charge in [0.05, 0.1) is 20.8 Å². The number of methoxy groups -OCH3 is 2. The zero-order valence-electron chi connectivity index (χ0n) is 11.1. The molecule has 0 aliphatic carbocycles. The minimum absolute atomic E-state index is 0.726. The second-order valence-electron chi connectivity index (χ2n) is 4.17. The summed E-state index contributed by atoms with van der Waals surface area (Å²) in [5.41, 5.74) is 1.13. The van der Waals surface area contributed by atoms with Crippen LogP contribution in [0.4, 0.5) is 0 Å². The van der Waals surface area contributed by atoms with Gasteiger partial charge >= 0.3 is 0 Å². The maximum Gasteiger partial charge on any atom is 0.194 e. The lowest BCUT2D eigenvalue weighted by molar-refractivity contribution is 0.354. The zero-order valence-corrected chi connectivity index (χ0v) is 11.1. The molecule has 1 aromatic rings. The number of ether oxygens (including phenoxy) is 2. The SMILES string of the molecule is COc1ccc(CNC2=NCCN2C)cc1OC. The molecule has 0 saturated carbocycles. The number of nitrogens with zero attached hydrogens (tertiary/aromatic N) is 2. The molecule has 18 heavy (non-hydrogen) atoms. The molecule has 1 aliphatic heterocycles. The minimum atomic E-state index is 0.726. The molecule has 98 valence electrons. The summed E-state index contributed by atoms with van der Waals surface area (Å²) in [5.74, 6) is 2.44. The summed E-state index contributed by atoms with van der Waals surface area (Å²) in [6, 6.07) is 5.90. The lowest BCUT2D eigenvalue weighted by atomic mass is 10.2. The third-order valence-corrected chi connectivity index (χ3v) is 2.96. The highest BCUT2D eigenvalue weighted by Crippen LogP contribution is 2.27. The van der Waals surface area contributed by atoms with Crippen LogP contribution < -0.4 is 14.8 Å². The van der Waals surface area contributed by atoms with Gasteiger partial charge in [-0.25, -0.2) is 0 Å². The van der Waals surface area contributed by atoms with Crippen LogP contribution in [0.5, 0.6) is 11.5 Å². The molecule has 5 nitrogen and oxygen atoms in total. The van der Waals surface area contributed by atoms with Crippen molar-refractivity contribution in [3.8, 4) is 11.5 Å². The summed E-state index contributed by atoms with van der Waals surface area (Å²) < 4.78 is 10.5. The Bertz CT molecular complexity index is 446. The van der Waals surface area contributed by atoms with E-state index in [1.165, 1.54) is 0 Å². The Morgan fingerprint density at radius 3 is 2.67 bits per heavy atom. The van der Waals surface area contributed by atoms with Crippen LogP contribution in [0.1, 0.15) is 5.56 Å². The van der Waals surface area contributed by atoms with E-state index in [0.29, 0.717) is 0 Å². The van der Waals surface area contributed by atoms with Gasteiger partial charge in [0.2, 0.25) is 0 Å². The Labute approximate surface area is 107 Å². The van der Waals surface area contributed by atoms with Crippen molar-refractivity contribution in [3.63, 3.8) is 0 Å². The van der Waals surface area contributed by atoms with Crippen molar-refractivity contribution in [1.29, 1.82) is 0 Å². The highest BCUT2D eigenvalue weighted by molar-refractivity contribution is 5.81. The number of likely N-dealkylation sites (N-methyl/N-ethyl adjacent to an activating group) is 1. The molecule has 0 fully saturated rings. The predicted octanol–water partition coefficient (Wildman–Crippen LogP) is 1.09. The number of hydrogen-bond donors (Lipinski definition) is 1. The van der Waals surface area contributed by atoms with Crippen molar-refractivity contribution in [3.05, 3.63) is 23.8 Å². The van der Waals surface area contributed by atoms with E-state index in [9.17, 15) is 0 Å². The molecular formula is C13H19N3O2. The first-order valence-corrected chi connectivity index (χ1v) is 5.95. The van der Waals surface area contributed by atoms with Gasteiger partial charge in [0.15, 0.2) is 17.5 Å². The summed E-state index contributed by atoms with van der Waals surface area (Å²) >= 11 is 0. The second-order valence-corrected chi connectivity index (χ2v) is 4.17. The van der Waals surface area contributed by atoms with Gasteiger partial charge in [-0.2, -0.15) is 0 Å². The van der Waals surface area contributed by atoms with E-state index < -0.39 is 0 Å². The van der Waals surface area contributed by atoms with Gasteiger partial charge in [-0.05, 0) is 17.7 Å².